The maximum atomic E-state index is 5.80. The van der Waals surface area contributed by atoms with Gasteiger partial charge in [0.15, 0.2) is 10.3 Å². The van der Waals surface area contributed by atoms with Gasteiger partial charge in [-0.25, -0.2) is 0 Å². The molecule has 0 unspecified atom stereocenters. The first-order chi connectivity index (χ1) is 6.22. The quantitative estimate of drug-likeness (QED) is 0.782. The molecule has 0 aliphatic rings. The number of furan rings is 1. The monoisotopic (exact) mass is 241 g/mol. The zero-order chi connectivity index (χ0) is 9.42. The van der Waals surface area contributed by atoms with Gasteiger partial charge in [-0.3, -0.25) is 0 Å². The Labute approximate surface area is 83.6 Å². The highest BCUT2D eigenvalue weighted by Gasteiger charge is 2.08. The molecule has 1 aromatic carbocycles. The molecule has 2 rings (SSSR count). The van der Waals surface area contributed by atoms with Gasteiger partial charge in [0.2, 0.25) is 0 Å². The normalized spacial score (nSPS) is 10.6. The Morgan fingerprint density at radius 2 is 2.23 bits per heavy atom. The van der Waals surface area contributed by atoms with Crippen LogP contribution in [-0.4, -0.2) is 7.11 Å². The average Bonchev–Trinajstić information content (AvgIpc) is 2.47. The average molecular weight is 242 g/mol. The second kappa shape index (κ2) is 2.96. The van der Waals surface area contributed by atoms with Crippen molar-refractivity contribution >= 4 is 32.6 Å². The molecule has 0 bridgehead atoms. The highest BCUT2D eigenvalue weighted by Crippen LogP contribution is 2.33. The summed E-state index contributed by atoms with van der Waals surface area (Å²) in [6.07, 6.45) is 0. The summed E-state index contributed by atoms with van der Waals surface area (Å²) in [5.74, 6) is 0.634. The number of hydrogen-bond donors (Lipinski definition) is 1. The largest absolute Gasteiger partial charge is 0.494 e. The SMILES string of the molecule is COc1ccc2cc(Br)oc2c1N. The van der Waals surface area contributed by atoms with Crippen LogP contribution in [0.1, 0.15) is 0 Å². The van der Waals surface area contributed by atoms with Crippen molar-refractivity contribution in [2.24, 2.45) is 0 Å². The predicted molar refractivity (Wildman–Crippen MR) is 54.9 cm³/mol. The van der Waals surface area contributed by atoms with Gasteiger partial charge in [0.05, 0.1) is 7.11 Å². The second-order valence-electron chi connectivity index (χ2n) is 2.65. The molecule has 0 atom stereocenters. The van der Waals surface area contributed by atoms with Crippen molar-refractivity contribution in [1.29, 1.82) is 0 Å². The van der Waals surface area contributed by atoms with Crippen LogP contribution in [0.15, 0.2) is 27.3 Å². The summed E-state index contributed by atoms with van der Waals surface area (Å²) < 4.78 is 11.1. The smallest absolute Gasteiger partial charge is 0.170 e. The van der Waals surface area contributed by atoms with E-state index in [1.54, 1.807) is 7.11 Å². The molecule has 0 aliphatic carbocycles. The van der Waals surface area contributed by atoms with Crippen molar-refractivity contribution in [3.63, 3.8) is 0 Å². The highest BCUT2D eigenvalue weighted by atomic mass is 79.9. The first-order valence-corrected chi connectivity index (χ1v) is 4.53. The minimum absolute atomic E-state index is 0.533. The van der Waals surface area contributed by atoms with Crippen LogP contribution in [0.5, 0.6) is 5.75 Å². The van der Waals surface area contributed by atoms with Crippen molar-refractivity contribution < 1.29 is 9.15 Å². The van der Waals surface area contributed by atoms with Gasteiger partial charge in [-0.05, 0) is 34.1 Å². The van der Waals surface area contributed by atoms with E-state index in [-0.39, 0.29) is 0 Å². The highest BCUT2D eigenvalue weighted by molar-refractivity contribution is 9.10. The molecule has 2 N–H and O–H groups in total. The summed E-state index contributed by atoms with van der Waals surface area (Å²) in [5, 5.41) is 0.963. The van der Waals surface area contributed by atoms with Crippen LogP contribution in [0, 0.1) is 0 Å². The van der Waals surface area contributed by atoms with E-state index < -0.39 is 0 Å². The maximum Gasteiger partial charge on any atom is 0.170 e. The fraction of sp³-hybridized carbons (Fsp3) is 0.111. The van der Waals surface area contributed by atoms with Crippen molar-refractivity contribution in [1.82, 2.24) is 0 Å². The number of nitrogens with two attached hydrogens (primary N) is 1. The predicted octanol–water partition coefficient (Wildman–Crippen LogP) is 2.79. The van der Waals surface area contributed by atoms with Crippen molar-refractivity contribution in [3.05, 3.63) is 22.9 Å². The molecule has 4 heteroatoms. The molecule has 1 aromatic heterocycles. The summed E-state index contributed by atoms with van der Waals surface area (Å²) >= 11 is 3.24. The number of hydrogen-bond acceptors (Lipinski definition) is 3. The minimum atomic E-state index is 0.533. The molecule has 0 aliphatic heterocycles. The van der Waals surface area contributed by atoms with E-state index in [0.29, 0.717) is 21.7 Å². The first kappa shape index (κ1) is 8.44. The van der Waals surface area contributed by atoms with Crippen molar-refractivity contribution in [2.45, 2.75) is 0 Å². The maximum absolute atomic E-state index is 5.80. The van der Waals surface area contributed by atoms with E-state index in [4.69, 9.17) is 14.9 Å². The zero-order valence-electron chi connectivity index (χ0n) is 7.00. The van der Waals surface area contributed by atoms with Gasteiger partial charge in [0.25, 0.3) is 0 Å². The number of methoxy groups -OCH3 is 1. The lowest BCUT2D eigenvalue weighted by molar-refractivity contribution is 0.416. The molecular formula is C9H8BrNO2. The van der Waals surface area contributed by atoms with Crippen LogP contribution < -0.4 is 10.5 Å². The zero-order valence-corrected chi connectivity index (χ0v) is 8.59. The Hall–Kier alpha value is -1.16. The third-order valence-electron chi connectivity index (χ3n) is 1.87. The van der Waals surface area contributed by atoms with Gasteiger partial charge in [-0.15, -0.1) is 0 Å². The third-order valence-corrected chi connectivity index (χ3v) is 2.27. The summed E-state index contributed by atoms with van der Waals surface area (Å²) in [6.45, 7) is 0. The molecule has 3 nitrogen and oxygen atoms in total. The van der Waals surface area contributed by atoms with Crippen LogP contribution >= 0.6 is 15.9 Å². The van der Waals surface area contributed by atoms with Crippen molar-refractivity contribution in [2.75, 3.05) is 12.8 Å². The van der Waals surface area contributed by atoms with Gasteiger partial charge < -0.3 is 14.9 Å². The number of rotatable bonds is 1. The van der Waals surface area contributed by atoms with Crippen LogP contribution in [0.3, 0.4) is 0 Å². The Bertz CT molecular complexity index is 450. The Balaban J connectivity index is 2.78. The third kappa shape index (κ3) is 1.27. The summed E-state index contributed by atoms with van der Waals surface area (Å²) in [4.78, 5) is 0. The van der Waals surface area contributed by atoms with Crippen molar-refractivity contribution in [3.8, 4) is 5.75 Å². The Kier molecular flexibility index (Phi) is 1.92. The van der Waals surface area contributed by atoms with E-state index in [9.17, 15) is 0 Å². The number of ether oxygens (including phenoxy) is 1. The van der Waals surface area contributed by atoms with Crippen LogP contribution in [-0.2, 0) is 0 Å². The molecule has 13 heavy (non-hydrogen) atoms. The van der Waals surface area contributed by atoms with E-state index in [1.165, 1.54) is 0 Å². The Morgan fingerprint density at radius 1 is 1.46 bits per heavy atom. The van der Waals surface area contributed by atoms with Gasteiger partial charge in [-0.1, -0.05) is 0 Å². The van der Waals surface area contributed by atoms with Gasteiger partial charge in [-0.2, -0.15) is 0 Å². The van der Waals surface area contributed by atoms with Gasteiger partial charge in [0.1, 0.15) is 11.4 Å². The van der Waals surface area contributed by atoms with Gasteiger partial charge in [0, 0.05) is 5.39 Å². The Morgan fingerprint density at radius 3 is 2.92 bits per heavy atom. The summed E-state index contributed by atoms with van der Waals surface area (Å²) in [6, 6.07) is 5.59. The summed E-state index contributed by atoms with van der Waals surface area (Å²) in [7, 11) is 1.58. The number of nitrogen functional groups attached to an aromatic ring is 1. The van der Waals surface area contributed by atoms with E-state index in [0.717, 1.165) is 5.39 Å². The molecule has 0 saturated carbocycles. The molecule has 0 radical (unpaired) electrons. The lowest BCUT2D eigenvalue weighted by Gasteiger charge is -2.02. The number of halogens is 1. The molecule has 0 fully saturated rings. The lowest BCUT2D eigenvalue weighted by atomic mass is 10.2. The molecule has 68 valence electrons. The fourth-order valence-electron chi connectivity index (χ4n) is 1.25. The van der Waals surface area contributed by atoms with Crippen LogP contribution in [0.25, 0.3) is 11.0 Å². The molecule has 0 amide bonds. The number of anilines is 1. The topological polar surface area (TPSA) is 48.4 Å². The van der Waals surface area contributed by atoms with Crippen LogP contribution in [0.4, 0.5) is 5.69 Å². The molecule has 0 saturated heterocycles. The second-order valence-corrected chi connectivity index (χ2v) is 3.43. The molecular weight excluding hydrogens is 234 g/mol. The molecule has 1 heterocycles. The van der Waals surface area contributed by atoms with E-state index in [2.05, 4.69) is 15.9 Å². The molecule has 2 aromatic rings. The standard InChI is InChI=1S/C9H8BrNO2/c1-12-6-3-2-5-4-7(10)13-9(5)8(6)11/h2-4H,11H2,1H3. The fourth-order valence-corrected chi connectivity index (χ4v) is 1.66. The molecule has 0 spiro atoms. The van der Waals surface area contributed by atoms with Crippen LogP contribution in [0.2, 0.25) is 0 Å². The van der Waals surface area contributed by atoms with E-state index in [1.807, 2.05) is 18.2 Å². The van der Waals surface area contributed by atoms with E-state index >= 15 is 0 Å². The number of fused-ring (bicyclic) bond motifs is 1. The summed E-state index contributed by atoms with van der Waals surface area (Å²) in [5.41, 5.74) is 6.99. The first-order valence-electron chi connectivity index (χ1n) is 3.74. The number of benzene rings is 1. The van der Waals surface area contributed by atoms with Gasteiger partial charge >= 0.3 is 0 Å². The lowest BCUT2D eigenvalue weighted by Crippen LogP contribution is -1.91. The minimum Gasteiger partial charge on any atom is -0.494 e.